The summed E-state index contributed by atoms with van der Waals surface area (Å²) >= 11 is 1.87. The third kappa shape index (κ3) is 5.42. The van der Waals surface area contributed by atoms with Crippen LogP contribution in [0.4, 0.5) is 0 Å². The average molecular weight is 782 g/mol. The minimum Gasteiger partial charge on any atom is -0.256 e. The van der Waals surface area contributed by atoms with Crippen molar-refractivity contribution in [1.82, 2.24) is 15.0 Å². The Labute approximate surface area is 353 Å². The quantitative estimate of drug-likeness (QED) is 0.174. The van der Waals surface area contributed by atoms with E-state index in [-0.39, 0.29) is 0 Å². The fourth-order valence-electron chi connectivity index (χ4n) is 9.50. The Morgan fingerprint density at radius 3 is 1.52 bits per heavy atom. The van der Waals surface area contributed by atoms with Gasteiger partial charge in [0.25, 0.3) is 0 Å². The van der Waals surface area contributed by atoms with Gasteiger partial charge in [-0.2, -0.15) is 0 Å². The van der Waals surface area contributed by atoms with Gasteiger partial charge in [-0.3, -0.25) is 4.98 Å². The number of hydrogen-bond donors (Lipinski definition) is 0. The SMILES string of the molecule is c1ccc(-c2cc(-c3ccccc3)nc(-c3ccc(-c4ccc5c(c4)Sc4cc(-c6cccc7cccnc67)ccc4C54c5ccccc5-c5ccccc54)cc3)n2)cc1. The molecule has 3 heterocycles. The maximum Gasteiger partial charge on any atom is 0.160 e. The van der Waals surface area contributed by atoms with Crippen molar-refractivity contribution in [3.63, 3.8) is 0 Å². The highest BCUT2D eigenvalue weighted by molar-refractivity contribution is 7.99. The van der Waals surface area contributed by atoms with Crippen molar-refractivity contribution in [2.45, 2.75) is 15.2 Å². The first-order valence-corrected chi connectivity index (χ1v) is 21.2. The standard InChI is InChI=1S/C56H35N3S/c1-3-13-37(14-4-1)50-35-51(38-15-5-2-6-16-38)59-55(58-50)40-26-24-36(25-27-40)41-28-30-48-52(33-41)60-53-34-42(43-21-11-17-39-18-12-32-57-54(39)43)29-31-49(53)56(48)46-22-9-7-19-44(46)45-20-8-10-23-47(45)56/h1-35H. The largest absolute Gasteiger partial charge is 0.256 e. The summed E-state index contributed by atoms with van der Waals surface area (Å²) < 4.78 is 0. The van der Waals surface area contributed by atoms with Gasteiger partial charge in [0, 0.05) is 43.6 Å². The minimum absolute atomic E-state index is 0.460. The lowest BCUT2D eigenvalue weighted by Gasteiger charge is -2.40. The summed E-state index contributed by atoms with van der Waals surface area (Å²) in [5.74, 6) is 0.706. The summed E-state index contributed by atoms with van der Waals surface area (Å²) in [6, 6.07) is 74.3. The molecule has 1 aliphatic carbocycles. The average Bonchev–Trinajstić information content (AvgIpc) is 3.62. The van der Waals surface area contributed by atoms with E-state index in [2.05, 4.69) is 188 Å². The number of pyridine rings is 1. The van der Waals surface area contributed by atoms with Crippen LogP contribution in [-0.2, 0) is 5.41 Å². The Kier molecular flexibility index (Phi) is 8.00. The molecule has 0 atom stereocenters. The normalized spacial score (nSPS) is 13.1. The van der Waals surface area contributed by atoms with E-state index in [4.69, 9.17) is 15.0 Å². The van der Waals surface area contributed by atoms with Crippen LogP contribution in [0, 0.1) is 0 Å². The van der Waals surface area contributed by atoms with Crippen LogP contribution < -0.4 is 0 Å². The number of fused-ring (bicyclic) bond motifs is 10. The second-order valence-corrected chi connectivity index (χ2v) is 16.6. The smallest absolute Gasteiger partial charge is 0.160 e. The van der Waals surface area contributed by atoms with Gasteiger partial charge in [-0.05, 0) is 74.3 Å². The zero-order valence-electron chi connectivity index (χ0n) is 32.5. The van der Waals surface area contributed by atoms with Crippen LogP contribution in [0.3, 0.4) is 0 Å². The highest BCUT2D eigenvalue weighted by Crippen LogP contribution is 2.62. The fraction of sp³-hybridized carbons (Fsp3) is 0.0179. The lowest BCUT2D eigenvalue weighted by Crippen LogP contribution is -2.32. The third-order valence-electron chi connectivity index (χ3n) is 12.2. The van der Waals surface area contributed by atoms with Gasteiger partial charge in [0.2, 0.25) is 0 Å². The molecule has 280 valence electrons. The van der Waals surface area contributed by atoms with Crippen molar-refractivity contribution in [3.05, 3.63) is 235 Å². The molecule has 1 aliphatic heterocycles. The van der Waals surface area contributed by atoms with Crippen LogP contribution in [0.15, 0.2) is 222 Å². The number of aromatic nitrogens is 3. The summed E-state index contributed by atoms with van der Waals surface area (Å²) in [4.78, 5) is 17.5. The molecule has 2 aliphatic rings. The van der Waals surface area contributed by atoms with E-state index < -0.39 is 5.41 Å². The van der Waals surface area contributed by atoms with Gasteiger partial charge in [0.05, 0.1) is 22.3 Å². The van der Waals surface area contributed by atoms with Gasteiger partial charge in [-0.25, -0.2) is 9.97 Å². The molecule has 0 bridgehead atoms. The molecule has 0 radical (unpaired) electrons. The number of rotatable bonds is 5. The lowest BCUT2D eigenvalue weighted by atomic mass is 9.67. The number of nitrogens with zero attached hydrogens (tertiary/aromatic N) is 3. The lowest BCUT2D eigenvalue weighted by molar-refractivity contribution is 0.723. The molecule has 0 N–H and O–H groups in total. The molecule has 3 nitrogen and oxygen atoms in total. The summed E-state index contributed by atoms with van der Waals surface area (Å²) in [7, 11) is 0. The van der Waals surface area contributed by atoms with Crippen LogP contribution >= 0.6 is 11.8 Å². The predicted octanol–water partition coefficient (Wildman–Crippen LogP) is 14.2. The van der Waals surface area contributed by atoms with Crippen LogP contribution in [-0.4, -0.2) is 15.0 Å². The molecule has 0 fully saturated rings. The number of para-hydroxylation sites is 1. The van der Waals surface area contributed by atoms with E-state index in [9.17, 15) is 0 Å². The van der Waals surface area contributed by atoms with Crippen molar-refractivity contribution < 1.29 is 0 Å². The highest BCUT2D eigenvalue weighted by atomic mass is 32.2. The summed E-state index contributed by atoms with van der Waals surface area (Å²) in [6.07, 6.45) is 1.89. The first-order chi connectivity index (χ1) is 29.7. The Balaban J connectivity index is 0.992. The van der Waals surface area contributed by atoms with Crippen LogP contribution in [0.1, 0.15) is 22.3 Å². The molecule has 8 aromatic carbocycles. The second-order valence-electron chi connectivity index (χ2n) is 15.5. The van der Waals surface area contributed by atoms with E-state index >= 15 is 0 Å². The van der Waals surface area contributed by atoms with Gasteiger partial charge in [0.15, 0.2) is 5.82 Å². The molecule has 2 aromatic heterocycles. The summed E-state index contributed by atoms with van der Waals surface area (Å²) in [5, 5.41) is 1.14. The van der Waals surface area contributed by atoms with Gasteiger partial charge in [-0.1, -0.05) is 194 Å². The van der Waals surface area contributed by atoms with Crippen LogP contribution in [0.2, 0.25) is 0 Å². The van der Waals surface area contributed by atoms with Gasteiger partial charge in [-0.15, -0.1) is 0 Å². The van der Waals surface area contributed by atoms with Crippen molar-refractivity contribution >= 4 is 22.7 Å². The third-order valence-corrected chi connectivity index (χ3v) is 13.3. The molecule has 0 unspecified atom stereocenters. The number of benzene rings is 8. The van der Waals surface area contributed by atoms with Gasteiger partial charge < -0.3 is 0 Å². The Bertz CT molecular complexity index is 3180. The molecule has 4 heteroatoms. The first-order valence-electron chi connectivity index (χ1n) is 20.3. The zero-order valence-corrected chi connectivity index (χ0v) is 33.3. The Morgan fingerprint density at radius 2 is 0.867 bits per heavy atom. The van der Waals surface area contributed by atoms with Crippen molar-refractivity contribution in [3.8, 4) is 67.3 Å². The van der Waals surface area contributed by atoms with Crippen LogP contribution in [0.5, 0.6) is 0 Å². The topological polar surface area (TPSA) is 38.7 Å². The van der Waals surface area contributed by atoms with E-state index in [0.29, 0.717) is 5.82 Å². The van der Waals surface area contributed by atoms with Gasteiger partial charge >= 0.3 is 0 Å². The first kappa shape index (κ1) is 34.6. The van der Waals surface area contributed by atoms with Crippen molar-refractivity contribution in [2.24, 2.45) is 0 Å². The fourth-order valence-corrected chi connectivity index (χ4v) is 10.8. The van der Waals surface area contributed by atoms with Crippen molar-refractivity contribution in [2.75, 3.05) is 0 Å². The summed E-state index contributed by atoms with van der Waals surface area (Å²) in [6.45, 7) is 0. The Hall–Kier alpha value is -7.40. The van der Waals surface area contributed by atoms with E-state index in [0.717, 1.165) is 50.1 Å². The predicted molar refractivity (Wildman–Crippen MR) is 246 cm³/mol. The number of hydrogen-bond acceptors (Lipinski definition) is 4. The molecule has 12 rings (SSSR count). The molecular formula is C56H35N3S. The van der Waals surface area contributed by atoms with E-state index in [1.54, 1.807) is 0 Å². The maximum absolute atomic E-state index is 5.09. The highest BCUT2D eigenvalue weighted by Gasteiger charge is 2.50. The monoisotopic (exact) mass is 781 g/mol. The second kappa shape index (κ2) is 13.9. The molecule has 60 heavy (non-hydrogen) atoms. The van der Waals surface area contributed by atoms with E-state index in [1.165, 1.54) is 54.3 Å². The van der Waals surface area contributed by atoms with Crippen LogP contribution in [0.25, 0.3) is 78.2 Å². The summed E-state index contributed by atoms with van der Waals surface area (Å²) in [5.41, 5.74) is 18.0. The molecule has 0 saturated carbocycles. The van der Waals surface area contributed by atoms with E-state index in [1.807, 2.05) is 36.2 Å². The molecule has 0 amide bonds. The molecule has 10 aromatic rings. The van der Waals surface area contributed by atoms with Gasteiger partial charge in [0.1, 0.15) is 0 Å². The Morgan fingerprint density at radius 1 is 0.350 bits per heavy atom. The molecule has 0 saturated heterocycles. The van der Waals surface area contributed by atoms with Crippen molar-refractivity contribution in [1.29, 1.82) is 0 Å². The zero-order chi connectivity index (χ0) is 39.6. The molecular weight excluding hydrogens is 747 g/mol. The minimum atomic E-state index is -0.460. The molecule has 1 spiro atoms. The maximum atomic E-state index is 5.09.